The summed E-state index contributed by atoms with van der Waals surface area (Å²) in [7, 11) is 0. The first kappa shape index (κ1) is 25.0. The number of esters is 1. The Morgan fingerprint density at radius 1 is 0.971 bits per heavy atom. The molecule has 0 saturated heterocycles. The van der Waals surface area contributed by atoms with Crippen molar-refractivity contribution in [3.63, 3.8) is 0 Å². The van der Waals surface area contributed by atoms with Gasteiger partial charge in [0.15, 0.2) is 0 Å². The van der Waals surface area contributed by atoms with E-state index in [0.29, 0.717) is 18.8 Å². The second kappa shape index (κ2) is 12.6. The lowest BCUT2D eigenvalue weighted by molar-refractivity contribution is -0.145. The van der Waals surface area contributed by atoms with Gasteiger partial charge in [0.25, 0.3) is 5.91 Å². The molecule has 34 heavy (non-hydrogen) atoms. The summed E-state index contributed by atoms with van der Waals surface area (Å²) in [5, 5.41) is 3.77. The van der Waals surface area contributed by atoms with Gasteiger partial charge in [-0.2, -0.15) is 0 Å². The normalized spacial score (nSPS) is 11.7. The van der Waals surface area contributed by atoms with Gasteiger partial charge in [-0.1, -0.05) is 62.4 Å². The van der Waals surface area contributed by atoms with Crippen molar-refractivity contribution in [2.24, 2.45) is 0 Å². The summed E-state index contributed by atoms with van der Waals surface area (Å²) < 4.78 is 5.36. The molecule has 0 aliphatic carbocycles. The van der Waals surface area contributed by atoms with E-state index in [1.807, 2.05) is 68.4 Å². The number of carbonyl (C=O) groups is 3. The van der Waals surface area contributed by atoms with Crippen LogP contribution in [0.3, 0.4) is 0 Å². The van der Waals surface area contributed by atoms with Crippen LogP contribution in [0.5, 0.6) is 0 Å². The maximum absolute atomic E-state index is 13.3. The van der Waals surface area contributed by atoms with Crippen LogP contribution in [-0.4, -0.2) is 46.8 Å². The SMILES string of the molecule is CCCN(CCC)C(=O)[C@@H](CCC(=O)OCc1ccccc1)NC(=O)c1cc2ccccc2[nH]1. The highest BCUT2D eigenvalue weighted by molar-refractivity contribution is 6.00. The van der Waals surface area contributed by atoms with Gasteiger partial charge in [-0.25, -0.2) is 0 Å². The molecule has 1 atom stereocenters. The van der Waals surface area contributed by atoms with Gasteiger partial charge in [-0.15, -0.1) is 0 Å². The smallest absolute Gasteiger partial charge is 0.306 e. The molecule has 1 aromatic heterocycles. The lowest BCUT2D eigenvalue weighted by Crippen LogP contribution is -2.49. The molecular formula is C27H33N3O4. The molecule has 0 bridgehead atoms. The van der Waals surface area contributed by atoms with Crippen LogP contribution >= 0.6 is 0 Å². The summed E-state index contributed by atoms with van der Waals surface area (Å²) >= 11 is 0. The number of hydrogen-bond acceptors (Lipinski definition) is 4. The van der Waals surface area contributed by atoms with Crippen molar-refractivity contribution in [3.05, 3.63) is 71.9 Å². The average molecular weight is 464 g/mol. The standard InChI is InChI=1S/C27H33N3O4/c1-3-16-30(17-4-2)27(33)23(14-15-25(31)34-19-20-10-6-5-7-11-20)29-26(32)24-18-21-12-8-9-13-22(21)28-24/h5-13,18,23,28H,3-4,14-17,19H2,1-2H3,(H,29,32)/t23-/m1/s1. The zero-order chi connectivity index (χ0) is 24.3. The van der Waals surface area contributed by atoms with Crippen molar-refractivity contribution in [2.45, 2.75) is 52.2 Å². The van der Waals surface area contributed by atoms with Gasteiger partial charge in [0.05, 0.1) is 0 Å². The second-order valence-electron chi connectivity index (χ2n) is 8.31. The Morgan fingerprint density at radius 3 is 2.32 bits per heavy atom. The number of aromatic amines is 1. The highest BCUT2D eigenvalue weighted by atomic mass is 16.5. The van der Waals surface area contributed by atoms with Gasteiger partial charge < -0.3 is 19.9 Å². The number of nitrogens with zero attached hydrogens (tertiary/aromatic N) is 1. The Kier molecular flexibility index (Phi) is 9.26. The predicted octanol–water partition coefficient (Wildman–Crippen LogP) is 4.44. The summed E-state index contributed by atoms with van der Waals surface area (Å²) in [4.78, 5) is 43.5. The van der Waals surface area contributed by atoms with Crippen LogP contribution in [0.25, 0.3) is 10.9 Å². The van der Waals surface area contributed by atoms with Crippen LogP contribution in [0.1, 0.15) is 55.6 Å². The van der Waals surface area contributed by atoms with Gasteiger partial charge in [-0.05, 0) is 37.0 Å². The number of H-pyrrole nitrogens is 1. The first-order valence-corrected chi connectivity index (χ1v) is 11.9. The first-order valence-electron chi connectivity index (χ1n) is 11.9. The monoisotopic (exact) mass is 463 g/mol. The van der Waals surface area contributed by atoms with Crippen molar-refractivity contribution in [2.75, 3.05) is 13.1 Å². The van der Waals surface area contributed by atoms with E-state index < -0.39 is 12.0 Å². The largest absolute Gasteiger partial charge is 0.461 e. The summed E-state index contributed by atoms with van der Waals surface area (Å²) in [6, 6.07) is 18.0. The third-order valence-electron chi connectivity index (χ3n) is 5.56. The fraction of sp³-hybridized carbons (Fsp3) is 0.370. The van der Waals surface area contributed by atoms with E-state index in [2.05, 4.69) is 10.3 Å². The summed E-state index contributed by atoms with van der Waals surface area (Å²) in [6.45, 7) is 5.40. The fourth-order valence-electron chi connectivity index (χ4n) is 3.85. The Bertz CT molecular complexity index is 1050. The third kappa shape index (κ3) is 6.94. The van der Waals surface area contributed by atoms with E-state index in [9.17, 15) is 14.4 Å². The molecule has 180 valence electrons. The molecular weight excluding hydrogens is 430 g/mol. The number of benzene rings is 2. The zero-order valence-electron chi connectivity index (χ0n) is 19.9. The van der Waals surface area contributed by atoms with Gasteiger partial charge in [-0.3, -0.25) is 14.4 Å². The Balaban J connectivity index is 1.68. The van der Waals surface area contributed by atoms with Crippen LogP contribution in [0.4, 0.5) is 0 Å². The minimum atomic E-state index is -0.818. The van der Waals surface area contributed by atoms with Crippen LogP contribution in [0.15, 0.2) is 60.7 Å². The highest BCUT2D eigenvalue weighted by Gasteiger charge is 2.27. The third-order valence-corrected chi connectivity index (χ3v) is 5.56. The number of carbonyl (C=O) groups excluding carboxylic acids is 3. The molecule has 7 heteroatoms. The molecule has 2 amide bonds. The maximum Gasteiger partial charge on any atom is 0.306 e. The van der Waals surface area contributed by atoms with Crippen molar-refractivity contribution in [1.29, 1.82) is 0 Å². The molecule has 3 rings (SSSR count). The second-order valence-corrected chi connectivity index (χ2v) is 8.31. The summed E-state index contributed by atoms with van der Waals surface area (Å²) in [6.07, 6.45) is 1.83. The van der Waals surface area contributed by atoms with Gasteiger partial charge >= 0.3 is 5.97 Å². The van der Waals surface area contributed by atoms with E-state index in [1.54, 1.807) is 11.0 Å². The van der Waals surface area contributed by atoms with Crippen molar-refractivity contribution >= 4 is 28.7 Å². The van der Waals surface area contributed by atoms with Crippen LogP contribution in [0.2, 0.25) is 0 Å². The average Bonchev–Trinajstić information content (AvgIpc) is 3.30. The molecule has 0 aliphatic heterocycles. The highest BCUT2D eigenvalue weighted by Crippen LogP contribution is 2.15. The molecule has 0 unspecified atom stereocenters. The van der Waals surface area contributed by atoms with Crippen LogP contribution in [0, 0.1) is 0 Å². The molecule has 1 heterocycles. The Hall–Kier alpha value is -3.61. The molecule has 0 radical (unpaired) electrons. The number of ether oxygens (including phenoxy) is 1. The first-order chi connectivity index (χ1) is 16.5. The lowest BCUT2D eigenvalue weighted by Gasteiger charge is -2.27. The minimum Gasteiger partial charge on any atom is -0.461 e. The van der Waals surface area contributed by atoms with Crippen molar-refractivity contribution in [1.82, 2.24) is 15.2 Å². The van der Waals surface area contributed by atoms with Gasteiger partial charge in [0, 0.05) is 30.4 Å². The van der Waals surface area contributed by atoms with E-state index >= 15 is 0 Å². The maximum atomic E-state index is 13.3. The summed E-state index contributed by atoms with van der Waals surface area (Å²) in [5.74, 6) is -0.955. The quantitative estimate of drug-likeness (QED) is 0.389. The fourth-order valence-corrected chi connectivity index (χ4v) is 3.85. The molecule has 0 aliphatic rings. The topological polar surface area (TPSA) is 91.5 Å². The van der Waals surface area contributed by atoms with E-state index in [0.717, 1.165) is 29.3 Å². The molecule has 2 aromatic carbocycles. The number of para-hydroxylation sites is 1. The molecule has 0 saturated carbocycles. The number of amides is 2. The molecule has 7 nitrogen and oxygen atoms in total. The number of nitrogens with one attached hydrogen (secondary N) is 2. The molecule has 3 aromatic rings. The lowest BCUT2D eigenvalue weighted by atomic mass is 10.1. The van der Waals surface area contributed by atoms with Crippen molar-refractivity contribution in [3.8, 4) is 0 Å². The zero-order valence-corrected chi connectivity index (χ0v) is 19.9. The molecule has 0 fully saturated rings. The predicted molar refractivity (Wildman–Crippen MR) is 132 cm³/mol. The number of rotatable bonds is 12. The molecule has 0 spiro atoms. The molecule has 2 N–H and O–H groups in total. The minimum absolute atomic E-state index is 0.0301. The van der Waals surface area contributed by atoms with E-state index in [1.165, 1.54) is 0 Å². The van der Waals surface area contributed by atoms with Crippen LogP contribution < -0.4 is 5.32 Å². The van der Waals surface area contributed by atoms with Crippen molar-refractivity contribution < 1.29 is 19.1 Å². The van der Waals surface area contributed by atoms with Gasteiger partial charge in [0.1, 0.15) is 18.3 Å². The van der Waals surface area contributed by atoms with Crippen LogP contribution in [-0.2, 0) is 20.9 Å². The Morgan fingerprint density at radius 2 is 1.65 bits per heavy atom. The van der Waals surface area contributed by atoms with E-state index in [4.69, 9.17) is 4.74 Å². The number of aromatic nitrogens is 1. The number of fused-ring (bicyclic) bond motifs is 1. The van der Waals surface area contributed by atoms with E-state index in [-0.39, 0.29) is 31.3 Å². The number of hydrogen-bond donors (Lipinski definition) is 2. The summed E-state index contributed by atoms with van der Waals surface area (Å²) in [5.41, 5.74) is 2.12. The Labute approximate surface area is 200 Å². The van der Waals surface area contributed by atoms with Gasteiger partial charge in [0.2, 0.25) is 5.91 Å².